The maximum Gasteiger partial charge on any atom is 0.306 e. The molecule has 0 saturated carbocycles. The van der Waals surface area contributed by atoms with Gasteiger partial charge >= 0.3 is 17.9 Å². The van der Waals surface area contributed by atoms with Crippen molar-refractivity contribution in [2.45, 2.75) is 380 Å². The van der Waals surface area contributed by atoms with Gasteiger partial charge in [0, 0.05) is 19.3 Å². The molecule has 0 bridgehead atoms. The van der Waals surface area contributed by atoms with Gasteiger partial charge in [0.05, 0.1) is 0 Å². The predicted molar refractivity (Wildman–Crippen MR) is 348 cm³/mol. The fourth-order valence-electron chi connectivity index (χ4n) is 10.4. The first-order chi connectivity index (χ1) is 39.5. The molecule has 466 valence electrons. The standard InChI is InChI=1S/C74H134O6/c1-4-7-10-13-16-19-22-24-26-28-30-32-33-34-35-36-37-38-39-40-41-43-44-46-48-50-52-55-58-61-64-67-73(76)79-70-71(69-78-72(75)66-63-60-57-54-21-18-15-12-9-6-3)80-74(77)68-65-62-59-56-53-51-49-47-45-42-31-29-27-25-23-20-17-14-11-8-5-2/h12,15,23,25,28-31,45,47,71H,4-11,13-14,16-22,24,26-27,32-44,46,48-70H2,1-3H3/b15-12-,25-23-,30-28-,31-29-,47-45-. The number of esters is 3. The van der Waals surface area contributed by atoms with Crippen LogP contribution in [0.3, 0.4) is 0 Å². The summed E-state index contributed by atoms with van der Waals surface area (Å²) in [6, 6.07) is 0. The molecule has 0 rings (SSSR count). The molecule has 0 radical (unpaired) electrons. The maximum absolute atomic E-state index is 12.9. The van der Waals surface area contributed by atoms with Crippen LogP contribution in [0.5, 0.6) is 0 Å². The van der Waals surface area contributed by atoms with E-state index in [1.165, 1.54) is 238 Å². The predicted octanol–water partition coefficient (Wildman–Crippen LogP) is 24.3. The molecule has 80 heavy (non-hydrogen) atoms. The van der Waals surface area contributed by atoms with E-state index >= 15 is 0 Å². The number of hydrogen-bond donors (Lipinski definition) is 0. The van der Waals surface area contributed by atoms with E-state index in [4.69, 9.17) is 14.2 Å². The molecule has 0 saturated heterocycles. The van der Waals surface area contributed by atoms with E-state index in [1.807, 2.05) is 0 Å². The van der Waals surface area contributed by atoms with Crippen molar-refractivity contribution >= 4 is 17.9 Å². The monoisotopic (exact) mass is 1120 g/mol. The van der Waals surface area contributed by atoms with E-state index < -0.39 is 6.10 Å². The van der Waals surface area contributed by atoms with Gasteiger partial charge in [-0.3, -0.25) is 14.4 Å². The smallest absolute Gasteiger partial charge is 0.306 e. The first-order valence-electron chi connectivity index (χ1n) is 35.3. The number of ether oxygens (including phenoxy) is 3. The SMILES string of the molecule is CCC/C=C\CCCCCCCC(=O)OCC(COC(=O)CCCCCCCCCCCCCCCCCCCCC/C=C\CCCCCCCCCC)OC(=O)CCCCCCCC/C=C\C/C=C\C/C=C\CCCCCCC. The van der Waals surface area contributed by atoms with Crippen molar-refractivity contribution in [3.8, 4) is 0 Å². The van der Waals surface area contributed by atoms with E-state index in [0.29, 0.717) is 19.3 Å². The maximum atomic E-state index is 12.9. The molecule has 1 atom stereocenters. The molecule has 0 amide bonds. The molecule has 0 spiro atoms. The quantitative estimate of drug-likeness (QED) is 0.0261. The Morgan fingerprint density at radius 1 is 0.250 bits per heavy atom. The van der Waals surface area contributed by atoms with Crippen molar-refractivity contribution < 1.29 is 28.6 Å². The van der Waals surface area contributed by atoms with Gasteiger partial charge in [-0.1, -0.05) is 313 Å². The summed E-state index contributed by atoms with van der Waals surface area (Å²) >= 11 is 0. The molecule has 6 heteroatoms. The summed E-state index contributed by atoms with van der Waals surface area (Å²) < 4.78 is 16.9. The van der Waals surface area contributed by atoms with Crippen LogP contribution in [0.1, 0.15) is 374 Å². The molecular weight excluding hydrogens is 985 g/mol. The average Bonchev–Trinajstić information content (AvgIpc) is 3.46. The second kappa shape index (κ2) is 68.6. The molecule has 1 unspecified atom stereocenters. The van der Waals surface area contributed by atoms with E-state index in [0.717, 1.165) is 96.3 Å². The number of unbranched alkanes of at least 4 members (excludes halogenated alkanes) is 44. The minimum atomic E-state index is -0.784. The lowest BCUT2D eigenvalue weighted by Gasteiger charge is -2.18. The van der Waals surface area contributed by atoms with Crippen LogP contribution in [0.4, 0.5) is 0 Å². The second-order valence-electron chi connectivity index (χ2n) is 23.8. The molecule has 0 aliphatic carbocycles. The summed E-state index contributed by atoms with van der Waals surface area (Å²) in [6.07, 6.45) is 88.4. The van der Waals surface area contributed by atoms with Crippen molar-refractivity contribution in [1.82, 2.24) is 0 Å². The van der Waals surface area contributed by atoms with E-state index in [9.17, 15) is 14.4 Å². The van der Waals surface area contributed by atoms with Crippen LogP contribution < -0.4 is 0 Å². The first kappa shape index (κ1) is 77.1. The lowest BCUT2D eigenvalue weighted by molar-refractivity contribution is -0.167. The fraction of sp³-hybridized carbons (Fsp3) is 0.824. The van der Waals surface area contributed by atoms with Gasteiger partial charge in [-0.25, -0.2) is 0 Å². The Balaban J connectivity index is 4.13. The van der Waals surface area contributed by atoms with Crippen LogP contribution in [-0.2, 0) is 28.6 Å². The van der Waals surface area contributed by atoms with Crippen LogP contribution in [0, 0.1) is 0 Å². The van der Waals surface area contributed by atoms with Gasteiger partial charge in [0.15, 0.2) is 6.10 Å². The van der Waals surface area contributed by atoms with Crippen LogP contribution in [0.25, 0.3) is 0 Å². The summed E-state index contributed by atoms with van der Waals surface area (Å²) in [4.78, 5) is 38.3. The third kappa shape index (κ3) is 65.9. The number of hydrogen-bond acceptors (Lipinski definition) is 6. The highest BCUT2D eigenvalue weighted by atomic mass is 16.6. The highest BCUT2D eigenvalue weighted by molar-refractivity contribution is 5.71. The van der Waals surface area contributed by atoms with Crippen molar-refractivity contribution in [1.29, 1.82) is 0 Å². The first-order valence-corrected chi connectivity index (χ1v) is 35.3. The average molecular weight is 1120 g/mol. The summed E-state index contributed by atoms with van der Waals surface area (Å²) in [6.45, 7) is 6.60. The minimum Gasteiger partial charge on any atom is -0.462 e. The van der Waals surface area contributed by atoms with Crippen LogP contribution in [0.2, 0.25) is 0 Å². The molecule has 0 N–H and O–H groups in total. The number of allylic oxidation sites excluding steroid dienone is 10. The van der Waals surface area contributed by atoms with Gasteiger partial charge in [0.1, 0.15) is 13.2 Å². The Labute approximate surface area is 498 Å². The molecule has 0 aromatic rings. The number of carbonyl (C=O) groups is 3. The number of carbonyl (C=O) groups excluding carboxylic acids is 3. The molecule has 0 aliphatic heterocycles. The molecule has 0 fully saturated rings. The normalized spacial score (nSPS) is 12.4. The van der Waals surface area contributed by atoms with Gasteiger partial charge in [0.2, 0.25) is 0 Å². The zero-order valence-corrected chi connectivity index (χ0v) is 53.6. The third-order valence-electron chi connectivity index (χ3n) is 15.7. The molecule has 0 aliphatic rings. The summed E-state index contributed by atoms with van der Waals surface area (Å²) in [5.74, 6) is -0.884. The number of rotatable bonds is 65. The van der Waals surface area contributed by atoms with Gasteiger partial charge < -0.3 is 14.2 Å². The van der Waals surface area contributed by atoms with Crippen molar-refractivity contribution in [2.24, 2.45) is 0 Å². The zero-order chi connectivity index (χ0) is 57.8. The Bertz CT molecular complexity index is 1430. The Morgan fingerprint density at radius 3 is 0.762 bits per heavy atom. The van der Waals surface area contributed by atoms with E-state index in [1.54, 1.807) is 0 Å². The summed E-state index contributed by atoms with van der Waals surface area (Å²) in [5.41, 5.74) is 0. The second-order valence-corrected chi connectivity index (χ2v) is 23.8. The Morgan fingerprint density at radius 2 is 0.475 bits per heavy atom. The van der Waals surface area contributed by atoms with Crippen LogP contribution in [-0.4, -0.2) is 37.2 Å². The summed E-state index contributed by atoms with van der Waals surface area (Å²) in [7, 11) is 0. The largest absolute Gasteiger partial charge is 0.462 e. The van der Waals surface area contributed by atoms with Crippen molar-refractivity contribution in [3.63, 3.8) is 0 Å². The fourth-order valence-corrected chi connectivity index (χ4v) is 10.4. The van der Waals surface area contributed by atoms with Gasteiger partial charge in [-0.05, 0) is 103 Å². The molecule has 0 heterocycles. The minimum absolute atomic E-state index is 0.0794. The van der Waals surface area contributed by atoms with Crippen LogP contribution in [0.15, 0.2) is 60.8 Å². The Hall–Kier alpha value is -2.89. The van der Waals surface area contributed by atoms with Crippen LogP contribution >= 0.6 is 0 Å². The molecule has 0 aromatic carbocycles. The molecule has 6 nitrogen and oxygen atoms in total. The van der Waals surface area contributed by atoms with E-state index in [-0.39, 0.29) is 31.1 Å². The topological polar surface area (TPSA) is 78.9 Å². The lowest BCUT2D eigenvalue weighted by Crippen LogP contribution is -2.30. The van der Waals surface area contributed by atoms with E-state index in [2.05, 4.69) is 81.5 Å². The van der Waals surface area contributed by atoms with Crippen molar-refractivity contribution in [3.05, 3.63) is 60.8 Å². The van der Waals surface area contributed by atoms with Gasteiger partial charge in [-0.2, -0.15) is 0 Å². The lowest BCUT2D eigenvalue weighted by atomic mass is 10.0. The third-order valence-corrected chi connectivity index (χ3v) is 15.7. The molecular formula is C74H134O6. The zero-order valence-electron chi connectivity index (χ0n) is 53.6. The highest BCUT2D eigenvalue weighted by Crippen LogP contribution is 2.18. The van der Waals surface area contributed by atoms with Gasteiger partial charge in [0.25, 0.3) is 0 Å². The highest BCUT2D eigenvalue weighted by Gasteiger charge is 2.19. The summed E-state index contributed by atoms with van der Waals surface area (Å²) in [5, 5.41) is 0. The Kier molecular flexibility index (Phi) is 66.1. The molecule has 0 aromatic heterocycles. The van der Waals surface area contributed by atoms with Crippen molar-refractivity contribution in [2.75, 3.05) is 13.2 Å². The van der Waals surface area contributed by atoms with Gasteiger partial charge in [-0.15, -0.1) is 0 Å².